The van der Waals surface area contributed by atoms with Crippen molar-refractivity contribution in [2.24, 2.45) is 0 Å². The van der Waals surface area contributed by atoms with E-state index in [1.165, 1.54) is 11.8 Å². The number of thioether (sulfide) groups is 1. The minimum absolute atomic E-state index is 0.289. The van der Waals surface area contributed by atoms with Crippen LogP contribution in [0.4, 0.5) is 5.82 Å². The number of ether oxygens (including phenoxy) is 1. The van der Waals surface area contributed by atoms with Crippen molar-refractivity contribution in [1.29, 1.82) is 0 Å². The molecule has 0 fully saturated rings. The van der Waals surface area contributed by atoms with Gasteiger partial charge in [0.2, 0.25) is 11.5 Å². The number of rotatable bonds is 5. The normalized spacial score (nSPS) is 10.9. The minimum atomic E-state index is -0.441. The number of aromatic nitrogens is 4. The number of nitrogen functional groups attached to an aromatic ring is 1. The third-order valence-electron chi connectivity index (χ3n) is 3.51. The highest BCUT2D eigenvalue weighted by atomic mass is 32.2. The van der Waals surface area contributed by atoms with Gasteiger partial charge in [-0.15, -0.1) is 11.8 Å². The highest BCUT2D eigenvalue weighted by molar-refractivity contribution is 7.98. The molecule has 2 N–H and O–H groups in total. The Kier molecular flexibility index (Phi) is 4.66. The van der Waals surface area contributed by atoms with Crippen LogP contribution in [0.25, 0.3) is 5.65 Å². The van der Waals surface area contributed by atoms with Gasteiger partial charge in [0.15, 0.2) is 0 Å². The van der Waals surface area contributed by atoms with E-state index in [1.54, 1.807) is 22.3 Å². The highest BCUT2D eigenvalue weighted by Crippen LogP contribution is 2.20. The van der Waals surface area contributed by atoms with Crippen LogP contribution < -0.4 is 10.1 Å². The number of hydrogen-bond donors (Lipinski definition) is 1. The molecule has 0 spiro atoms. The first-order valence-corrected chi connectivity index (χ1v) is 8.69. The van der Waals surface area contributed by atoms with Crippen molar-refractivity contribution in [3.05, 3.63) is 47.9 Å². The van der Waals surface area contributed by atoms with Gasteiger partial charge in [-0.05, 0) is 18.7 Å². The average Bonchev–Trinajstić information content (AvgIpc) is 2.99. The van der Waals surface area contributed by atoms with E-state index in [0.717, 1.165) is 5.56 Å². The molecule has 0 unspecified atom stereocenters. The number of carbonyl (C=O) groups excluding carboxylic acids is 1. The first-order valence-electron chi connectivity index (χ1n) is 7.47. The molecule has 0 radical (unpaired) electrons. The maximum absolute atomic E-state index is 12.3. The summed E-state index contributed by atoms with van der Waals surface area (Å²) in [6, 6.07) is 9.89. The van der Waals surface area contributed by atoms with Crippen LogP contribution in [0.3, 0.4) is 0 Å². The van der Waals surface area contributed by atoms with Crippen molar-refractivity contribution in [3.8, 4) is 0 Å². The fourth-order valence-electron chi connectivity index (χ4n) is 2.48. The second-order valence-corrected chi connectivity index (χ2v) is 5.84. The third kappa shape index (κ3) is 2.92. The van der Waals surface area contributed by atoms with E-state index < -0.39 is 5.97 Å². The molecule has 0 aliphatic heterocycles. The van der Waals surface area contributed by atoms with Crippen LogP contribution in [0.1, 0.15) is 23.0 Å². The standard InChI is InChI=1S/C16H17N5O2S/c1-3-23-16(22)12-14(24-2)19-13(17)15-20(12)10-18-21(15)9-11-7-5-4-6-8-11/h4-8,10H,3,9H2,1-2H3,(H-,17,19,22)/p+1. The Balaban J connectivity index is 2.15. The Hall–Kier alpha value is -2.61. The molecule has 1 aromatic carbocycles. The molecule has 0 amide bonds. The van der Waals surface area contributed by atoms with Gasteiger partial charge < -0.3 is 10.5 Å². The molecule has 0 saturated heterocycles. The Morgan fingerprint density at radius 1 is 1.38 bits per heavy atom. The summed E-state index contributed by atoms with van der Waals surface area (Å²) in [5, 5.41) is 4.89. The number of esters is 1. The molecule has 8 heteroatoms. The molecule has 0 bridgehead atoms. The summed E-state index contributed by atoms with van der Waals surface area (Å²) < 4.78 is 8.53. The monoisotopic (exact) mass is 344 g/mol. The second kappa shape index (κ2) is 6.88. The van der Waals surface area contributed by atoms with E-state index in [9.17, 15) is 4.79 Å². The molecular formula is C16H18N5O2S+. The summed E-state index contributed by atoms with van der Waals surface area (Å²) in [7, 11) is 0. The number of fused-ring (bicyclic) bond motifs is 1. The van der Waals surface area contributed by atoms with Crippen molar-refractivity contribution in [2.75, 3.05) is 18.6 Å². The lowest BCUT2D eigenvalue weighted by atomic mass is 10.2. The fourth-order valence-corrected chi connectivity index (χ4v) is 3.05. The largest absolute Gasteiger partial charge is 0.460 e. The molecule has 24 heavy (non-hydrogen) atoms. The van der Waals surface area contributed by atoms with Gasteiger partial charge in [0.05, 0.1) is 6.61 Å². The van der Waals surface area contributed by atoms with Gasteiger partial charge in [-0.3, -0.25) is 0 Å². The average molecular weight is 344 g/mol. The Morgan fingerprint density at radius 2 is 2.12 bits per heavy atom. The van der Waals surface area contributed by atoms with E-state index in [0.29, 0.717) is 28.7 Å². The van der Waals surface area contributed by atoms with Crippen LogP contribution in [-0.4, -0.2) is 33.6 Å². The van der Waals surface area contributed by atoms with E-state index in [-0.39, 0.29) is 6.61 Å². The minimum Gasteiger partial charge on any atom is -0.460 e. The molecule has 0 saturated carbocycles. The molecule has 3 rings (SSSR count). The van der Waals surface area contributed by atoms with Crippen molar-refractivity contribution in [3.63, 3.8) is 0 Å². The summed E-state index contributed by atoms with van der Waals surface area (Å²) in [6.07, 6.45) is 3.41. The quantitative estimate of drug-likeness (QED) is 0.429. The number of hydrogen-bond acceptors (Lipinski definition) is 6. The smallest absolute Gasteiger partial charge is 0.373 e. The molecule has 7 nitrogen and oxygen atoms in total. The first-order chi connectivity index (χ1) is 11.7. The van der Waals surface area contributed by atoms with Crippen LogP contribution in [0, 0.1) is 0 Å². The first kappa shape index (κ1) is 16.3. The van der Waals surface area contributed by atoms with E-state index in [1.807, 2.05) is 36.6 Å². The van der Waals surface area contributed by atoms with Crippen molar-refractivity contribution in [2.45, 2.75) is 18.5 Å². The molecule has 0 atom stereocenters. The van der Waals surface area contributed by atoms with Crippen LogP contribution >= 0.6 is 11.8 Å². The predicted octanol–water partition coefficient (Wildman–Crippen LogP) is 1.55. The van der Waals surface area contributed by atoms with Crippen LogP contribution in [-0.2, 0) is 11.3 Å². The van der Waals surface area contributed by atoms with Crippen LogP contribution in [0.5, 0.6) is 0 Å². The summed E-state index contributed by atoms with van der Waals surface area (Å²) in [5.41, 5.74) is 8.10. The Morgan fingerprint density at radius 3 is 2.79 bits per heavy atom. The van der Waals surface area contributed by atoms with Gasteiger partial charge in [-0.25, -0.2) is 9.78 Å². The number of nitrogens with zero attached hydrogens (tertiary/aromatic N) is 4. The lowest BCUT2D eigenvalue weighted by molar-refractivity contribution is -0.519. The van der Waals surface area contributed by atoms with Gasteiger partial charge in [0.25, 0.3) is 6.33 Å². The number of anilines is 1. The molecule has 2 heterocycles. The van der Waals surface area contributed by atoms with Crippen LogP contribution in [0.2, 0.25) is 0 Å². The van der Waals surface area contributed by atoms with E-state index in [2.05, 4.69) is 10.1 Å². The highest BCUT2D eigenvalue weighted by Gasteiger charge is 2.28. The number of nitrogens with two attached hydrogens (primary N) is 1. The summed E-state index contributed by atoms with van der Waals surface area (Å²) in [6.45, 7) is 2.59. The Bertz CT molecular complexity index is 879. The molecule has 2 aromatic heterocycles. The van der Waals surface area contributed by atoms with Crippen molar-refractivity contribution in [1.82, 2.24) is 14.8 Å². The van der Waals surface area contributed by atoms with Crippen molar-refractivity contribution >= 4 is 29.2 Å². The van der Waals surface area contributed by atoms with E-state index in [4.69, 9.17) is 10.5 Å². The van der Waals surface area contributed by atoms with Gasteiger partial charge >= 0.3 is 11.6 Å². The lowest BCUT2D eigenvalue weighted by Gasteiger charge is -2.07. The summed E-state index contributed by atoms with van der Waals surface area (Å²) >= 11 is 1.34. The number of benzene rings is 1. The molecule has 0 aliphatic carbocycles. The lowest BCUT2D eigenvalue weighted by Crippen LogP contribution is -2.33. The molecule has 124 valence electrons. The maximum Gasteiger partial charge on any atom is 0.373 e. The van der Waals surface area contributed by atoms with Gasteiger partial charge in [-0.2, -0.15) is 4.40 Å². The topological polar surface area (TPSA) is 87.1 Å². The number of carbonyl (C=O) groups is 1. The zero-order valence-electron chi connectivity index (χ0n) is 13.5. The van der Waals surface area contributed by atoms with Gasteiger partial charge in [0, 0.05) is 5.10 Å². The maximum atomic E-state index is 12.3. The molecule has 3 aromatic rings. The molecule has 0 aliphatic rings. The SMILES string of the molecule is CCOC(=O)c1c(SC)nc(N)c2n(Cc3ccccc3)nc[n+]12. The van der Waals surface area contributed by atoms with Gasteiger partial charge in [-0.1, -0.05) is 35.0 Å². The second-order valence-electron chi connectivity index (χ2n) is 5.04. The van der Waals surface area contributed by atoms with Crippen molar-refractivity contribution < 1.29 is 13.9 Å². The summed E-state index contributed by atoms with van der Waals surface area (Å²) in [4.78, 5) is 16.7. The fraction of sp³-hybridized carbons (Fsp3) is 0.250. The zero-order valence-corrected chi connectivity index (χ0v) is 14.3. The third-order valence-corrected chi connectivity index (χ3v) is 4.18. The molecular weight excluding hydrogens is 326 g/mol. The summed E-state index contributed by atoms with van der Waals surface area (Å²) in [5.74, 6) is -0.121. The zero-order chi connectivity index (χ0) is 17.1. The predicted molar refractivity (Wildman–Crippen MR) is 90.9 cm³/mol. The van der Waals surface area contributed by atoms with Gasteiger partial charge in [0.1, 0.15) is 11.6 Å². The van der Waals surface area contributed by atoms with E-state index >= 15 is 0 Å². The van der Waals surface area contributed by atoms with Crippen LogP contribution in [0.15, 0.2) is 41.7 Å². The Labute approximate surface area is 143 Å².